The summed E-state index contributed by atoms with van der Waals surface area (Å²) in [6.45, 7) is 8.71. The molecule has 0 aliphatic carbocycles. The highest BCUT2D eigenvalue weighted by atomic mass is 16.5. The Morgan fingerprint density at radius 1 is 1.06 bits per heavy atom. The van der Waals surface area contributed by atoms with Crippen LogP contribution >= 0.6 is 0 Å². The number of carbonyl (C=O) groups is 1. The third-order valence-corrected chi connectivity index (χ3v) is 7.39. The fraction of sp³-hybridized carbons (Fsp3) is 0.464. The van der Waals surface area contributed by atoms with E-state index in [0.717, 1.165) is 55.7 Å². The average Bonchev–Trinajstić information content (AvgIpc) is 3.58. The van der Waals surface area contributed by atoms with Crippen molar-refractivity contribution in [3.63, 3.8) is 0 Å². The lowest BCUT2D eigenvalue weighted by atomic mass is 9.95. The molecule has 2 aromatic carbocycles. The van der Waals surface area contributed by atoms with E-state index in [1.54, 1.807) is 0 Å². The Kier molecular flexibility index (Phi) is 7.13. The minimum Gasteiger partial charge on any atom is -0.372 e. The van der Waals surface area contributed by atoms with E-state index >= 15 is 0 Å². The molecule has 1 atom stereocenters. The second-order valence-electron chi connectivity index (χ2n) is 9.89. The molecule has 1 unspecified atom stereocenters. The van der Waals surface area contributed by atoms with E-state index in [1.165, 1.54) is 18.5 Å². The molecule has 3 heterocycles. The summed E-state index contributed by atoms with van der Waals surface area (Å²) >= 11 is 0. The van der Waals surface area contributed by atoms with Crippen LogP contribution in [0.5, 0.6) is 0 Å². The first-order valence-corrected chi connectivity index (χ1v) is 12.8. The fourth-order valence-electron chi connectivity index (χ4n) is 5.16. The molecule has 5 rings (SSSR count). The van der Waals surface area contributed by atoms with Crippen LogP contribution in [0, 0.1) is 12.8 Å². The molecule has 0 radical (unpaired) electrons. The third kappa shape index (κ3) is 5.56. The second kappa shape index (κ2) is 10.6. The predicted molar refractivity (Wildman–Crippen MR) is 137 cm³/mol. The number of hydrogen-bond acceptors (Lipinski definition) is 6. The van der Waals surface area contributed by atoms with Crippen LogP contribution in [0.15, 0.2) is 53.1 Å². The molecule has 2 fully saturated rings. The van der Waals surface area contributed by atoms with Crippen LogP contribution in [0.3, 0.4) is 0 Å². The van der Waals surface area contributed by atoms with E-state index in [0.29, 0.717) is 18.3 Å². The molecule has 1 aromatic heterocycles. The Morgan fingerprint density at radius 3 is 2.49 bits per heavy atom. The molecular weight excluding hydrogens is 438 g/mol. The number of likely N-dealkylation sites (tertiary alicyclic amines) is 1. The molecule has 1 N–H and O–H groups in total. The van der Waals surface area contributed by atoms with Crippen molar-refractivity contribution in [1.82, 2.24) is 20.4 Å². The van der Waals surface area contributed by atoms with Gasteiger partial charge in [0.15, 0.2) is 0 Å². The van der Waals surface area contributed by atoms with E-state index in [-0.39, 0.29) is 17.9 Å². The molecule has 2 aliphatic rings. The van der Waals surface area contributed by atoms with Gasteiger partial charge in [-0.05, 0) is 75.9 Å². The Labute approximate surface area is 207 Å². The summed E-state index contributed by atoms with van der Waals surface area (Å²) in [6.07, 6.45) is 4.23. The maximum atomic E-state index is 12.9. The number of aryl methyl sites for hydroxylation is 1. The number of hydrogen-bond donors (Lipinski definition) is 1. The molecule has 0 spiro atoms. The zero-order valence-corrected chi connectivity index (χ0v) is 20.7. The Bertz CT molecular complexity index is 1130. The average molecular weight is 474 g/mol. The highest BCUT2D eigenvalue weighted by Crippen LogP contribution is 2.25. The lowest BCUT2D eigenvalue weighted by Crippen LogP contribution is -2.40. The van der Waals surface area contributed by atoms with Crippen LogP contribution in [-0.2, 0) is 11.3 Å². The maximum absolute atomic E-state index is 12.9. The Morgan fingerprint density at radius 2 is 1.77 bits per heavy atom. The molecule has 2 aliphatic heterocycles. The number of amides is 1. The first-order chi connectivity index (χ1) is 17.1. The van der Waals surface area contributed by atoms with Gasteiger partial charge in [-0.1, -0.05) is 41.6 Å². The monoisotopic (exact) mass is 473 g/mol. The number of carbonyl (C=O) groups excluding carboxylic acids is 1. The summed E-state index contributed by atoms with van der Waals surface area (Å²) in [7, 11) is 0. The van der Waals surface area contributed by atoms with Crippen molar-refractivity contribution in [2.45, 2.75) is 52.1 Å². The van der Waals surface area contributed by atoms with Crippen LogP contribution in [0.4, 0.5) is 5.69 Å². The lowest BCUT2D eigenvalue weighted by Gasteiger charge is -2.31. The smallest absolute Gasteiger partial charge is 0.241 e. The molecule has 1 amide bonds. The highest BCUT2D eigenvalue weighted by molar-refractivity contribution is 5.79. The lowest BCUT2D eigenvalue weighted by molar-refractivity contribution is -0.127. The van der Waals surface area contributed by atoms with Crippen molar-refractivity contribution in [2.24, 2.45) is 5.92 Å². The van der Waals surface area contributed by atoms with Gasteiger partial charge in [-0.25, -0.2) is 0 Å². The van der Waals surface area contributed by atoms with Crippen LogP contribution in [0.25, 0.3) is 11.4 Å². The van der Waals surface area contributed by atoms with E-state index < -0.39 is 0 Å². The van der Waals surface area contributed by atoms with Crippen molar-refractivity contribution in [2.75, 3.05) is 31.1 Å². The number of piperidine rings is 1. The minimum atomic E-state index is 0.00594. The molecule has 184 valence electrons. The summed E-state index contributed by atoms with van der Waals surface area (Å²) in [4.78, 5) is 22.2. The Hall–Kier alpha value is -3.19. The fourth-order valence-corrected chi connectivity index (χ4v) is 5.16. The van der Waals surface area contributed by atoms with Gasteiger partial charge in [-0.2, -0.15) is 4.98 Å². The zero-order chi connectivity index (χ0) is 24.2. The largest absolute Gasteiger partial charge is 0.372 e. The van der Waals surface area contributed by atoms with Crippen molar-refractivity contribution in [1.29, 1.82) is 0 Å². The number of rotatable bonds is 7. The molecule has 7 nitrogen and oxygen atoms in total. The number of benzene rings is 2. The van der Waals surface area contributed by atoms with Gasteiger partial charge in [0.2, 0.25) is 17.6 Å². The molecule has 35 heavy (non-hydrogen) atoms. The number of aromatic nitrogens is 2. The SMILES string of the molecule is Cc1ccccc1-c1noc(CN2CCC(C(=O)NC(C)c3ccc(N4CCCC4)cc3)CC2)n1. The van der Waals surface area contributed by atoms with Gasteiger partial charge < -0.3 is 14.7 Å². The van der Waals surface area contributed by atoms with Gasteiger partial charge in [-0.15, -0.1) is 0 Å². The molecule has 0 saturated carbocycles. The van der Waals surface area contributed by atoms with E-state index in [4.69, 9.17) is 4.52 Å². The standard InChI is InChI=1S/C28H35N5O2/c1-20-7-3-4-8-25(20)27-30-26(35-31-27)19-32-17-13-23(14-18-32)28(34)29-21(2)22-9-11-24(12-10-22)33-15-5-6-16-33/h3-4,7-12,21,23H,5-6,13-19H2,1-2H3,(H,29,34). The topological polar surface area (TPSA) is 74.5 Å². The molecular formula is C28H35N5O2. The maximum Gasteiger partial charge on any atom is 0.241 e. The molecule has 0 bridgehead atoms. The first kappa shape index (κ1) is 23.5. The molecule has 7 heteroatoms. The highest BCUT2D eigenvalue weighted by Gasteiger charge is 2.27. The van der Waals surface area contributed by atoms with E-state index in [1.807, 2.05) is 31.2 Å². The second-order valence-corrected chi connectivity index (χ2v) is 9.89. The van der Waals surface area contributed by atoms with Crippen LogP contribution in [0.2, 0.25) is 0 Å². The van der Waals surface area contributed by atoms with E-state index in [2.05, 4.69) is 56.4 Å². The van der Waals surface area contributed by atoms with Gasteiger partial charge in [0.05, 0.1) is 12.6 Å². The van der Waals surface area contributed by atoms with Crippen molar-refractivity contribution in [3.8, 4) is 11.4 Å². The molecule has 3 aromatic rings. The number of nitrogens with zero attached hydrogens (tertiary/aromatic N) is 4. The first-order valence-electron chi connectivity index (χ1n) is 12.8. The van der Waals surface area contributed by atoms with Crippen molar-refractivity contribution in [3.05, 3.63) is 65.5 Å². The number of anilines is 1. The minimum absolute atomic E-state index is 0.00594. The van der Waals surface area contributed by atoms with Gasteiger partial charge in [0.1, 0.15) is 0 Å². The third-order valence-electron chi connectivity index (χ3n) is 7.39. The van der Waals surface area contributed by atoms with Crippen molar-refractivity contribution >= 4 is 11.6 Å². The van der Waals surface area contributed by atoms with Gasteiger partial charge in [-0.3, -0.25) is 9.69 Å². The zero-order valence-electron chi connectivity index (χ0n) is 20.7. The van der Waals surface area contributed by atoms with Gasteiger partial charge >= 0.3 is 0 Å². The van der Waals surface area contributed by atoms with Gasteiger partial charge in [0, 0.05) is 30.3 Å². The summed E-state index contributed by atoms with van der Waals surface area (Å²) in [5.41, 5.74) is 4.56. The summed E-state index contributed by atoms with van der Waals surface area (Å²) in [5, 5.41) is 7.40. The van der Waals surface area contributed by atoms with Crippen molar-refractivity contribution < 1.29 is 9.32 Å². The van der Waals surface area contributed by atoms with E-state index in [9.17, 15) is 4.79 Å². The van der Waals surface area contributed by atoms with Crippen LogP contribution in [0.1, 0.15) is 55.7 Å². The van der Waals surface area contributed by atoms with Gasteiger partial charge in [0.25, 0.3) is 0 Å². The summed E-state index contributed by atoms with van der Waals surface area (Å²) in [5.74, 6) is 1.45. The number of nitrogens with one attached hydrogen (secondary N) is 1. The van der Waals surface area contributed by atoms with Crippen LogP contribution in [-0.4, -0.2) is 47.1 Å². The van der Waals surface area contributed by atoms with Crippen LogP contribution < -0.4 is 10.2 Å². The quantitative estimate of drug-likeness (QED) is 0.535. The Balaban J connectivity index is 1.09. The predicted octanol–water partition coefficient (Wildman–Crippen LogP) is 4.73. The normalized spacial score (nSPS) is 18.1. The summed E-state index contributed by atoms with van der Waals surface area (Å²) in [6, 6.07) is 16.7. The molecule has 2 saturated heterocycles. The summed E-state index contributed by atoms with van der Waals surface area (Å²) < 4.78 is 5.51.